The van der Waals surface area contributed by atoms with Gasteiger partial charge in [0.1, 0.15) is 12.2 Å². The van der Waals surface area contributed by atoms with Crippen LogP contribution in [0.1, 0.15) is 0 Å². The molecule has 0 heterocycles. The average molecular weight is 183 g/mol. The Hall–Kier alpha value is -1.13. The fourth-order valence-electron chi connectivity index (χ4n) is 1.21. The molecule has 1 aliphatic carbocycles. The Bertz CT molecular complexity index is 258. The normalized spacial score (nSPS) is 27.1. The molecule has 2 atom stereocenters. The van der Waals surface area contributed by atoms with Crippen molar-refractivity contribution in [2.45, 2.75) is 12.2 Å². The van der Waals surface area contributed by atoms with Crippen molar-refractivity contribution in [3.63, 3.8) is 0 Å². The van der Waals surface area contributed by atoms with Crippen LogP contribution in [0, 0.1) is 0 Å². The molecule has 0 bridgehead atoms. The average Bonchev–Trinajstić information content (AvgIpc) is 2.16. The smallest absolute Gasteiger partial charge is 0.248 e. The first-order chi connectivity index (χ1) is 6.19. The second kappa shape index (κ2) is 4.20. The van der Waals surface area contributed by atoms with Crippen molar-refractivity contribution < 1.29 is 14.3 Å². The molecule has 0 aromatic carbocycles. The van der Waals surface area contributed by atoms with E-state index in [1.807, 2.05) is 0 Å². The van der Waals surface area contributed by atoms with E-state index in [1.54, 1.807) is 32.4 Å². The van der Waals surface area contributed by atoms with Crippen molar-refractivity contribution in [3.8, 4) is 0 Å². The minimum Gasteiger partial charge on any atom is -0.374 e. The molecule has 0 saturated carbocycles. The van der Waals surface area contributed by atoms with Crippen LogP contribution in [-0.4, -0.2) is 32.3 Å². The number of amides is 1. The summed E-state index contributed by atoms with van der Waals surface area (Å²) in [7, 11) is 3.15. The number of ether oxygens (including phenoxy) is 2. The quantitative estimate of drug-likeness (QED) is 0.669. The Morgan fingerprint density at radius 3 is 2.46 bits per heavy atom. The van der Waals surface area contributed by atoms with Crippen LogP contribution in [0.15, 0.2) is 23.8 Å². The van der Waals surface area contributed by atoms with Crippen molar-refractivity contribution in [3.05, 3.63) is 23.8 Å². The molecular formula is C9H13NO3. The van der Waals surface area contributed by atoms with Crippen LogP contribution >= 0.6 is 0 Å². The van der Waals surface area contributed by atoms with Gasteiger partial charge < -0.3 is 15.2 Å². The summed E-state index contributed by atoms with van der Waals surface area (Å²) in [5, 5.41) is 0. The van der Waals surface area contributed by atoms with E-state index in [1.165, 1.54) is 0 Å². The predicted molar refractivity (Wildman–Crippen MR) is 48.0 cm³/mol. The molecule has 0 aromatic rings. The van der Waals surface area contributed by atoms with Gasteiger partial charge in [-0.05, 0) is 6.08 Å². The van der Waals surface area contributed by atoms with Gasteiger partial charge in [0.2, 0.25) is 5.91 Å². The van der Waals surface area contributed by atoms with Gasteiger partial charge in [0.25, 0.3) is 0 Å². The van der Waals surface area contributed by atoms with Gasteiger partial charge >= 0.3 is 0 Å². The minimum atomic E-state index is -0.451. The van der Waals surface area contributed by atoms with Gasteiger partial charge in [-0.25, -0.2) is 0 Å². The number of primary amides is 1. The zero-order valence-electron chi connectivity index (χ0n) is 7.69. The summed E-state index contributed by atoms with van der Waals surface area (Å²) in [6.07, 6.45) is 4.68. The van der Waals surface area contributed by atoms with Crippen LogP contribution in [0.25, 0.3) is 0 Å². The largest absolute Gasteiger partial charge is 0.374 e. The van der Waals surface area contributed by atoms with E-state index in [0.29, 0.717) is 5.57 Å². The number of carbonyl (C=O) groups excluding carboxylic acids is 1. The maximum absolute atomic E-state index is 10.8. The summed E-state index contributed by atoms with van der Waals surface area (Å²) in [4.78, 5) is 10.8. The molecule has 0 fully saturated rings. The summed E-state index contributed by atoms with van der Waals surface area (Å²) in [6, 6.07) is 0. The predicted octanol–water partition coefficient (Wildman–Crippen LogP) is -0.00210. The molecule has 0 aromatic heterocycles. The van der Waals surface area contributed by atoms with Gasteiger partial charge in [-0.15, -0.1) is 0 Å². The van der Waals surface area contributed by atoms with Crippen molar-refractivity contribution in [1.29, 1.82) is 0 Å². The number of nitrogens with two attached hydrogens (primary N) is 1. The van der Waals surface area contributed by atoms with Gasteiger partial charge in [0.05, 0.1) is 0 Å². The molecule has 1 aliphatic rings. The molecule has 72 valence electrons. The van der Waals surface area contributed by atoms with E-state index >= 15 is 0 Å². The van der Waals surface area contributed by atoms with Crippen LogP contribution < -0.4 is 5.73 Å². The van der Waals surface area contributed by atoms with Crippen LogP contribution in [-0.2, 0) is 14.3 Å². The summed E-state index contributed by atoms with van der Waals surface area (Å²) >= 11 is 0. The lowest BCUT2D eigenvalue weighted by atomic mass is 10.0. The number of rotatable bonds is 3. The molecule has 4 nitrogen and oxygen atoms in total. The topological polar surface area (TPSA) is 61.5 Å². The van der Waals surface area contributed by atoms with Crippen molar-refractivity contribution in [2.24, 2.45) is 5.73 Å². The molecule has 0 radical (unpaired) electrons. The highest BCUT2D eigenvalue weighted by molar-refractivity contribution is 5.95. The molecule has 1 amide bonds. The van der Waals surface area contributed by atoms with Gasteiger partial charge in [0, 0.05) is 19.8 Å². The maximum Gasteiger partial charge on any atom is 0.248 e. The minimum absolute atomic E-state index is 0.145. The molecule has 0 saturated heterocycles. The van der Waals surface area contributed by atoms with Crippen LogP contribution in [0.3, 0.4) is 0 Å². The van der Waals surface area contributed by atoms with E-state index in [9.17, 15) is 4.79 Å². The lowest BCUT2D eigenvalue weighted by molar-refractivity contribution is -0.114. The summed E-state index contributed by atoms with van der Waals surface area (Å²) < 4.78 is 10.2. The Kier molecular flexibility index (Phi) is 3.22. The zero-order chi connectivity index (χ0) is 9.84. The highest BCUT2D eigenvalue weighted by Gasteiger charge is 2.21. The van der Waals surface area contributed by atoms with Crippen molar-refractivity contribution >= 4 is 5.91 Å². The van der Waals surface area contributed by atoms with Crippen molar-refractivity contribution in [1.82, 2.24) is 0 Å². The fourth-order valence-corrected chi connectivity index (χ4v) is 1.21. The Labute approximate surface area is 77.0 Å². The van der Waals surface area contributed by atoms with Gasteiger partial charge in [-0.3, -0.25) is 4.79 Å². The Morgan fingerprint density at radius 1 is 1.38 bits per heavy atom. The fraction of sp³-hybridized carbons (Fsp3) is 0.444. The summed E-state index contributed by atoms with van der Waals surface area (Å²) in [5.74, 6) is -0.451. The lowest BCUT2D eigenvalue weighted by Gasteiger charge is -2.22. The molecule has 4 heteroatoms. The van der Waals surface area contributed by atoms with Crippen LogP contribution in [0.5, 0.6) is 0 Å². The summed E-state index contributed by atoms with van der Waals surface area (Å²) in [5.41, 5.74) is 5.57. The third kappa shape index (κ3) is 2.17. The second-order valence-corrected chi connectivity index (χ2v) is 2.75. The van der Waals surface area contributed by atoms with Crippen LogP contribution in [0.4, 0.5) is 0 Å². The van der Waals surface area contributed by atoms with Crippen LogP contribution in [0.2, 0.25) is 0 Å². The van der Waals surface area contributed by atoms with Gasteiger partial charge in [0.15, 0.2) is 0 Å². The first kappa shape index (κ1) is 9.95. The number of hydrogen-bond donors (Lipinski definition) is 1. The van der Waals surface area contributed by atoms with Crippen molar-refractivity contribution in [2.75, 3.05) is 14.2 Å². The van der Waals surface area contributed by atoms with E-state index in [4.69, 9.17) is 15.2 Å². The highest BCUT2D eigenvalue weighted by Crippen LogP contribution is 2.15. The molecular weight excluding hydrogens is 170 g/mol. The van der Waals surface area contributed by atoms with Gasteiger partial charge in [-0.1, -0.05) is 12.2 Å². The molecule has 1 rings (SSSR count). The SMILES string of the molecule is COC1C=CC(C(N)=O)=CC1OC. The molecule has 13 heavy (non-hydrogen) atoms. The third-order valence-electron chi connectivity index (χ3n) is 1.96. The van der Waals surface area contributed by atoms with Gasteiger partial charge in [-0.2, -0.15) is 0 Å². The number of hydrogen-bond acceptors (Lipinski definition) is 3. The first-order valence-electron chi connectivity index (χ1n) is 3.94. The lowest BCUT2D eigenvalue weighted by Crippen LogP contribution is -2.30. The first-order valence-corrected chi connectivity index (χ1v) is 3.94. The van der Waals surface area contributed by atoms with E-state index in [-0.39, 0.29) is 12.2 Å². The van der Waals surface area contributed by atoms with E-state index < -0.39 is 5.91 Å². The third-order valence-corrected chi connectivity index (χ3v) is 1.96. The highest BCUT2D eigenvalue weighted by atomic mass is 16.5. The number of carbonyl (C=O) groups is 1. The molecule has 2 N–H and O–H groups in total. The summed E-state index contributed by atoms with van der Waals surface area (Å²) in [6.45, 7) is 0. The second-order valence-electron chi connectivity index (χ2n) is 2.75. The monoisotopic (exact) mass is 183 g/mol. The Morgan fingerprint density at radius 2 is 2.00 bits per heavy atom. The van der Waals surface area contributed by atoms with E-state index in [2.05, 4.69) is 0 Å². The van der Waals surface area contributed by atoms with E-state index in [0.717, 1.165) is 0 Å². The zero-order valence-corrected chi connectivity index (χ0v) is 7.69. The molecule has 2 unspecified atom stereocenters. The molecule has 0 aliphatic heterocycles. The standard InChI is InChI=1S/C9H13NO3/c1-12-7-4-3-6(9(10)11)5-8(7)13-2/h3-5,7-8H,1-2H3,(H2,10,11). The number of methoxy groups -OCH3 is 2. The Balaban J connectivity index is 2.80. The maximum atomic E-state index is 10.8. The molecule has 0 spiro atoms.